The zero-order valence-electron chi connectivity index (χ0n) is 9.96. The van der Waals surface area contributed by atoms with Gasteiger partial charge in [0.2, 0.25) is 0 Å². The summed E-state index contributed by atoms with van der Waals surface area (Å²) >= 11 is 0. The van der Waals surface area contributed by atoms with E-state index in [1.807, 2.05) is 4.90 Å². The van der Waals surface area contributed by atoms with Gasteiger partial charge < -0.3 is 9.84 Å². The molecule has 0 spiro atoms. The van der Waals surface area contributed by atoms with Crippen LogP contribution in [0.4, 0.5) is 0 Å². The molecule has 1 N–H and O–H groups in total. The van der Waals surface area contributed by atoms with Crippen molar-refractivity contribution in [1.29, 1.82) is 0 Å². The molecule has 1 rings (SSSR count). The maximum Gasteiger partial charge on any atom is 0.304 e. The Balaban J connectivity index is 2.57. The van der Waals surface area contributed by atoms with Crippen LogP contribution in [0, 0.1) is 0 Å². The summed E-state index contributed by atoms with van der Waals surface area (Å²) in [6.45, 7) is 1.70. The molecule has 1 aliphatic heterocycles. The van der Waals surface area contributed by atoms with Crippen molar-refractivity contribution < 1.29 is 23.1 Å². The van der Waals surface area contributed by atoms with E-state index in [1.54, 1.807) is 7.11 Å². The maximum absolute atomic E-state index is 11.5. The van der Waals surface area contributed by atoms with Crippen LogP contribution < -0.4 is 0 Å². The zero-order chi connectivity index (χ0) is 12.9. The molecule has 1 atom stereocenters. The van der Waals surface area contributed by atoms with Crippen molar-refractivity contribution in [3.05, 3.63) is 0 Å². The van der Waals surface area contributed by atoms with Crippen LogP contribution in [0.1, 0.15) is 12.8 Å². The highest BCUT2D eigenvalue weighted by molar-refractivity contribution is 7.91. The second kappa shape index (κ2) is 6.32. The molecule has 17 heavy (non-hydrogen) atoms. The van der Waals surface area contributed by atoms with Gasteiger partial charge in [0.25, 0.3) is 0 Å². The molecule has 100 valence electrons. The van der Waals surface area contributed by atoms with E-state index in [2.05, 4.69) is 0 Å². The lowest BCUT2D eigenvalue weighted by atomic mass is 10.2. The number of carbonyl (C=O) groups is 1. The van der Waals surface area contributed by atoms with Gasteiger partial charge in [-0.05, 0) is 6.42 Å². The van der Waals surface area contributed by atoms with Crippen molar-refractivity contribution >= 4 is 15.8 Å². The van der Waals surface area contributed by atoms with Crippen LogP contribution in [-0.2, 0) is 19.4 Å². The van der Waals surface area contributed by atoms with E-state index < -0.39 is 21.8 Å². The van der Waals surface area contributed by atoms with Crippen LogP contribution in [0.25, 0.3) is 0 Å². The summed E-state index contributed by atoms with van der Waals surface area (Å²) in [4.78, 5) is 12.6. The third-order valence-corrected chi connectivity index (χ3v) is 4.55. The molecule has 1 fully saturated rings. The van der Waals surface area contributed by atoms with Gasteiger partial charge in [-0.25, -0.2) is 8.42 Å². The van der Waals surface area contributed by atoms with Crippen LogP contribution >= 0.6 is 0 Å². The van der Waals surface area contributed by atoms with Crippen LogP contribution in [-0.4, -0.2) is 68.7 Å². The number of ether oxygens (including phenoxy) is 1. The molecule has 1 saturated heterocycles. The van der Waals surface area contributed by atoms with Crippen molar-refractivity contribution in [2.45, 2.75) is 18.9 Å². The van der Waals surface area contributed by atoms with Crippen molar-refractivity contribution in [3.63, 3.8) is 0 Å². The van der Waals surface area contributed by atoms with E-state index in [9.17, 15) is 13.2 Å². The largest absolute Gasteiger partial charge is 0.481 e. The summed E-state index contributed by atoms with van der Waals surface area (Å²) in [5.41, 5.74) is 0. The Morgan fingerprint density at radius 2 is 2.24 bits per heavy atom. The first-order chi connectivity index (χ1) is 7.94. The first-order valence-electron chi connectivity index (χ1n) is 5.60. The summed E-state index contributed by atoms with van der Waals surface area (Å²) < 4.78 is 27.9. The van der Waals surface area contributed by atoms with E-state index in [4.69, 9.17) is 9.84 Å². The minimum Gasteiger partial charge on any atom is -0.481 e. The molecule has 0 aromatic heterocycles. The standard InChI is InChI=1S/C10H19NO5S/c1-16-5-2-3-11-4-6-17(14,15)8-9(11)7-10(12)13/h9H,2-8H2,1H3,(H,12,13). The minimum absolute atomic E-state index is 0.0493. The van der Waals surface area contributed by atoms with Gasteiger partial charge in [-0.3, -0.25) is 9.69 Å². The molecule has 0 saturated carbocycles. The summed E-state index contributed by atoms with van der Waals surface area (Å²) in [5, 5.41) is 8.78. The average Bonchev–Trinajstić information content (AvgIpc) is 2.20. The van der Waals surface area contributed by atoms with Gasteiger partial charge in [-0.1, -0.05) is 0 Å². The zero-order valence-corrected chi connectivity index (χ0v) is 10.8. The maximum atomic E-state index is 11.5. The second-order valence-corrected chi connectivity index (χ2v) is 6.48. The molecule has 0 aromatic carbocycles. The lowest BCUT2D eigenvalue weighted by Crippen LogP contribution is -2.49. The number of carboxylic acids is 1. The molecule has 0 bridgehead atoms. The summed E-state index contributed by atoms with van der Waals surface area (Å²) in [6, 6.07) is -0.400. The fourth-order valence-corrected chi connectivity index (χ4v) is 3.61. The summed E-state index contributed by atoms with van der Waals surface area (Å²) in [6.07, 6.45) is 0.666. The normalized spacial score (nSPS) is 24.6. The molecule has 1 unspecified atom stereocenters. The van der Waals surface area contributed by atoms with E-state index in [-0.39, 0.29) is 17.9 Å². The fourth-order valence-electron chi connectivity index (χ4n) is 2.02. The smallest absolute Gasteiger partial charge is 0.304 e. The SMILES string of the molecule is COCCCN1CCS(=O)(=O)CC1CC(=O)O. The van der Waals surface area contributed by atoms with Gasteiger partial charge in [-0.2, -0.15) is 0 Å². The number of aliphatic carboxylic acids is 1. The van der Waals surface area contributed by atoms with Crippen molar-refractivity contribution in [2.75, 3.05) is 38.3 Å². The highest BCUT2D eigenvalue weighted by Crippen LogP contribution is 2.15. The molecule has 0 radical (unpaired) electrons. The Labute approximate surface area is 101 Å². The van der Waals surface area contributed by atoms with E-state index in [0.29, 0.717) is 19.7 Å². The van der Waals surface area contributed by atoms with E-state index in [1.165, 1.54) is 0 Å². The van der Waals surface area contributed by atoms with Crippen LogP contribution in [0.2, 0.25) is 0 Å². The average molecular weight is 265 g/mol. The first-order valence-corrected chi connectivity index (χ1v) is 7.42. The second-order valence-electron chi connectivity index (χ2n) is 4.25. The van der Waals surface area contributed by atoms with Crippen molar-refractivity contribution in [1.82, 2.24) is 4.90 Å². The highest BCUT2D eigenvalue weighted by atomic mass is 32.2. The van der Waals surface area contributed by atoms with Gasteiger partial charge in [0, 0.05) is 32.8 Å². The Bertz CT molecular complexity index is 354. The van der Waals surface area contributed by atoms with Crippen LogP contribution in [0.3, 0.4) is 0 Å². The Morgan fingerprint density at radius 3 is 2.82 bits per heavy atom. The predicted molar refractivity (Wildman–Crippen MR) is 62.8 cm³/mol. The number of hydrogen-bond donors (Lipinski definition) is 1. The number of rotatable bonds is 6. The van der Waals surface area contributed by atoms with Gasteiger partial charge in [0.1, 0.15) is 0 Å². The molecule has 0 aromatic rings. The molecule has 1 aliphatic rings. The lowest BCUT2D eigenvalue weighted by molar-refractivity contribution is -0.138. The lowest BCUT2D eigenvalue weighted by Gasteiger charge is -2.34. The van der Waals surface area contributed by atoms with Gasteiger partial charge in [-0.15, -0.1) is 0 Å². The van der Waals surface area contributed by atoms with Gasteiger partial charge >= 0.3 is 5.97 Å². The van der Waals surface area contributed by atoms with Gasteiger partial charge in [0.05, 0.1) is 17.9 Å². The molecule has 6 nitrogen and oxygen atoms in total. The summed E-state index contributed by atoms with van der Waals surface area (Å²) in [7, 11) is -1.47. The number of sulfone groups is 1. The fraction of sp³-hybridized carbons (Fsp3) is 0.900. The van der Waals surface area contributed by atoms with Crippen molar-refractivity contribution in [2.24, 2.45) is 0 Å². The van der Waals surface area contributed by atoms with E-state index >= 15 is 0 Å². The molecule has 7 heteroatoms. The number of nitrogens with zero attached hydrogens (tertiary/aromatic N) is 1. The summed E-state index contributed by atoms with van der Waals surface area (Å²) in [5.74, 6) is -0.883. The quantitative estimate of drug-likeness (QED) is 0.658. The van der Waals surface area contributed by atoms with Crippen molar-refractivity contribution in [3.8, 4) is 0 Å². The Kier molecular flexibility index (Phi) is 5.35. The highest BCUT2D eigenvalue weighted by Gasteiger charge is 2.32. The minimum atomic E-state index is -3.08. The predicted octanol–water partition coefficient (Wildman–Crippen LogP) is -0.403. The number of hydrogen-bond acceptors (Lipinski definition) is 5. The molecule has 1 heterocycles. The third-order valence-electron chi connectivity index (χ3n) is 2.86. The first kappa shape index (κ1) is 14.4. The van der Waals surface area contributed by atoms with Gasteiger partial charge in [0.15, 0.2) is 9.84 Å². The Hall–Kier alpha value is -0.660. The molecular weight excluding hydrogens is 246 g/mol. The Morgan fingerprint density at radius 1 is 1.53 bits per heavy atom. The van der Waals surface area contributed by atoms with Crippen LogP contribution in [0.15, 0.2) is 0 Å². The van der Waals surface area contributed by atoms with Crippen LogP contribution in [0.5, 0.6) is 0 Å². The monoisotopic (exact) mass is 265 g/mol. The third kappa shape index (κ3) is 5.01. The molecular formula is C10H19NO5S. The molecule has 0 aliphatic carbocycles. The number of carboxylic acid groups (broad SMARTS) is 1. The molecule has 0 amide bonds. The topological polar surface area (TPSA) is 83.9 Å². The van der Waals surface area contributed by atoms with E-state index in [0.717, 1.165) is 6.42 Å². The number of methoxy groups -OCH3 is 1.